The molecule has 25 heavy (non-hydrogen) atoms. The summed E-state index contributed by atoms with van der Waals surface area (Å²) in [5.74, 6) is -0.172. The van der Waals surface area contributed by atoms with Gasteiger partial charge in [-0.3, -0.25) is 9.32 Å². The van der Waals surface area contributed by atoms with Crippen LogP contribution in [0.2, 0.25) is 0 Å². The molecule has 0 aromatic carbocycles. The van der Waals surface area contributed by atoms with Gasteiger partial charge in [-0.15, -0.1) is 0 Å². The number of unbranched alkanes of at least 4 members (excludes halogenated alkanes) is 7. The van der Waals surface area contributed by atoms with Crippen LogP contribution in [-0.2, 0) is 13.9 Å². The van der Waals surface area contributed by atoms with Crippen molar-refractivity contribution in [2.75, 3.05) is 13.2 Å². The highest BCUT2D eigenvalue weighted by atomic mass is 31.2. The van der Waals surface area contributed by atoms with Gasteiger partial charge in [-0.1, -0.05) is 51.2 Å². The third-order valence-electron chi connectivity index (χ3n) is 3.64. The summed E-state index contributed by atoms with van der Waals surface area (Å²) in [6.07, 6.45) is 13.8. The van der Waals surface area contributed by atoms with Gasteiger partial charge < -0.3 is 20.2 Å². The number of phosphoric acid groups is 1. The van der Waals surface area contributed by atoms with Crippen LogP contribution in [0.25, 0.3) is 0 Å². The fourth-order valence-electron chi connectivity index (χ4n) is 2.20. The highest BCUT2D eigenvalue weighted by molar-refractivity contribution is 7.46. The summed E-state index contributed by atoms with van der Waals surface area (Å²) in [6, 6.07) is 0. The number of phosphoric ester groups is 1. The van der Waals surface area contributed by atoms with Crippen LogP contribution in [0.4, 0.5) is 0 Å². The molecule has 0 aliphatic heterocycles. The number of carbonyl (C=O) groups is 1. The molecule has 0 radical (unpaired) electrons. The van der Waals surface area contributed by atoms with Crippen molar-refractivity contribution in [3.05, 3.63) is 12.2 Å². The van der Waals surface area contributed by atoms with E-state index in [-0.39, 0.29) is 12.5 Å². The fraction of sp³-hybridized carbons (Fsp3) is 0.824. The zero-order valence-electron chi connectivity index (χ0n) is 15.2. The van der Waals surface area contributed by atoms with E-state index in [4.69, 9.17) is 9.79 Å². The Balaban J connectivity index is 3.44. The Morgan fingerprint density at radius 2 is 1.68 bits per heavy atom. The van der Waals surface area contributed by atoms with E-state index in [0.717, 1.165) is 32.1 Å². The Bertz CT molecular complexity index is 410. The van der Waals surface area contributed by atoms with Gasteiger partial charge in [0.15, 0.2) is 0 Å². The molecule has 4 N–H and O–H groups in total. The van der Waals surface area contributed by atoms with Crippen LogP contribution in [0.5, 0.6) is 0 Å². The second kappa shape index (κ2) is 15.5. The van der Waals surface area contributed by atoms with Crippen molar-refractivity contribution in [1.29, 1.82) is 0 Å². The van der Waals surface area contributed by atoms with Crippen molar-refractivity contribution in [1.82, 2.24) is 5.32 Å². The molecule has 0 rings (SSSR count). The van der Waals surface area contributed by atoms with Gasteiger partial charge in [0.1, 0.15) is 0 Å². The van der Waals surface area contributed by atoms with Crippen LogP contribution in [0, 0.1) is 0 Å². The van der Waals surface area contributed by atoms with Crippen molar-refractivity contribution >= 4 is 13.7 Å². The van der Waals surface area contributed by atoms with E-state index < -0.39 is 20.5 Å². The van der Waals surface area contributed by atoms with Gasteiger partial charge in [-0.2, -0.15) is 0 Å². The number of nitrogens with one attached hydrogen (secondary N) is 1. The monoisotopic (exact) mass is 379 g/mol. The Labute approximate surface area is 151 Å². The van der Waals surface area contributed by atoms with E-state index in [2.05, 4.69) is 28.9 Å². The lowest BCUT2D eigenvalue weighted by atomic mass is 10.1. The zero-order valence-corrected chi connectivity index (χ0v) is 16.1. The lowest BCUT2D eigenvalue weighted by Gasteiger charge is -2.12. The minimum absolute atomic E-state index is 0.0802. The molecule has 0 aliphatic carbocycles. The van der Waals surface area contributed by atoms with Crippen molar-refractivity contribution < 1.29 is 28.8 Å². The number of amides is 1. The first-order chi connectivity index (χ1) is 11.8. The third kappa shape index (κ3) is 19.5. The normalized spacial score (nSPS) is 13.3. The molecule has 0 aromatic rings. The molecule has 148 valence electrons. The van der Waals surface area contributed by atoms with Gasteiger partial charge in [0, 0.05) is 13.0 Å². The van der Waals surface area contributed by atoms with E-state index in [1.807, 2.05) is 0 Å². The Hall–Kier alpha value is -0.720. The van der Waals surface area contributed by atoms with E-state index >= 15 is 0 Å². The number of aliphatic hydroxyl groups excluding tert-OH is 1. The predicted octanol–water partition coefficient (Wildman–Crippen LogP) is 3.05. The van der Waals surface area contributed by atoms with Gasteiger partial charge in [-0.25, -0.2) is 4.57 Å². The first-order valence-electron chi connectivity index (χ1n) is 9.15. The molecule has 0 heterocycles. The molecule has 0 fully saturated rings. The van der Waals surface area contributed by atoms with Crippen LogP contribution in [0.15, 0.2) is 12.2 Å². The number of hydrogen-bond acceptors (Lipinski definition) is 4. The van der Waals surface area contributed by atoms with Gasteiger partial charge >= 0.3 is 7.82 Å². The average Bonchev–Trinajstić information content (AvgIpc) is 2.55. The lowest BCUT2D eigenvalue weighted by molar-refractivity contribution is -0.121. The maximum atomic E-state index is 11.6. The van der Waals surface area contributed by atoms with Crippen LogP contribution < -0.4 is 5.32 Å². The number of hydrogen-bond donors (Lipinski definition) is 4. The van der Waals surface area contributed by atoms with Crippen molar-refractivity contribution in [3.63, 3.8) is 0 Å². The van der Waals surface area contributed by atoms with Gasteiger partial charge in [-0.05, 0) is 25.7 Å². The summed E-state index contributed by atoms with van der Waals surface area (Å²) in [5, 5.41) is 12.0. The molecule has 0 saturated carbocycles. The molecule has 8 heteroatoms. The average molecular weight is 379 g/mol. The van der Waals surface area contributed by atoms with E-state index in [1.165, 1.54) is 25.7 Å². The largest absolute Gasteiger partial charge is 0.469 e. The highest BCUT2D eigenvalue weighted by Crippen LogP contribution is 2.35. The number of rotatable bonds is 16. The maximum absolute atomic E-state index is 11.6. The summed E-state index contributed by atoms with van der Waals surface area (Å²) in [4.78, 5) is 28.6. The van der Waals surface area contributed by atoms with Crippen molar-refractivity contribution in [2.45, 2.75) is 77.2 Å². The molecule has 1 amide bonds. The molecule has 1 atom stereocenters. The van der Waals surface area contributed by atoms with Crippen LogP contribution in [-0.4, -0.2) is 40.1 Å². The molecule has 7 nitrogen and oxygen atoms in total. The fourth-order valence-corrected chi connectivity index (χ4v) is 2.56. The molecular formula is C17H34NO6P. The topological polar surface area (TPSA) is 116 Å². The molecule has 0 aromatic heterocycles. The van der Waals surface area contributed by atoms with Gasteiger partial charge in [0.25, 0.3) is 0 Å². The second-order valence-corrected chi connectivity index (χ2v) is 7.40. The smallest absolute Gasteiger partial charge is 0.389 e. The first-order valence-corrected chi connectivity index (χ1v) is 10.7. The quantitative estimate of drug-likeness (QED) is 0.186. The Morgan fingerprint density at radius 1 is 1.08 bits per heavy atom. The van der Waals surface area contributed by atoms with E-state index in [0.29, 0.717) is 6.42 Å². The van der Waals surface area contributed by atoms with Gasteiger partial charge in [0.05, 0.1) is 12.7 Å². The highest BCUT2D eigenvalue weighted by Gasteiger charge is 2.17. The van der Waals surface area contributed by atoms with Crippen LogP contribution >= 0.6 is 7.82 Å². The summed E-state index contributed by atoms with van der Waals surface area (Å²) >= 11 is 0. The van der Waals surface area contributed by atoms with Gasteiger partial charge in [0.2, 0.25) is 5.91 Å². The number of allylic oxidation sites excluding steroid dienone is 2. The molecule has 0 bridgehead atoms. The third-order valence-corrected chi connectivity index (χ3v) is 4.12. The van der Waals surface area contributed by atoms with E-state index in [9.17, 15) is 14.5 Å². The Kier molecular flexibility index (Phi) is 15.1. The summed E-state index contributed by atoms with van der Waals surface area (Å²) in [7, 11) is -4.59. The summed E-state index contributed by atoms with van der Waals surface area (Å²) in [6.45, 7) is 1.60. The molecule has 0 spiro atoms. The van der Waals surface area contributed by atoms with Crippen molar-refractivity contribution in [2.24, 2.45) is 0 Å². The minimum atomic E-state index is -4.59. The number of aliphatic hydroxyl groups is 1. The molecule has 0 aliphatic rings. The summed E-state index contributed by atoms with van der Waals surface area (Å²) < 4.78 is 14.6. The zero-order chi connectivity index (χ0) is 19.0. The van der Waals surface area contributed by atoms with Crippen LogP contribution in [0.3, 0.4) is 0 Å². The molecular weight excluding hydrogens is 345 g/mol. The SMILES string of the molecule is CCCCC=CCCCCCCCC(=O)NCC(O)COP(=O)(O)O. The van der Waals surface area contributed by atoms with E-state index in [1.54, 1.807) is 0 Å². The summed E-state index contributed by atoms with van der Waals surface area (Å²) in [5.41, 5.74) is 0. The minimum Gasteiger partial charge on any atom is -0.389 e. The molecule has 1 unspecified atom stereocenters. The van der Waals surface area contributed by atoms with Crippen molar-refractivity contribution in [3.8, 4) is 0 Å². The first kappa shape index (κ1) is 24.3. The van der Waals surface area contributed by atoms with Crippen LogP contribution in [0.1, 0.15) is 71.1 Å². The molecule has 0 saturated heterocycles. The Morgan fingerprint density at radius 3 is 2.32 bits per heavy atom. The second-order valence-electron chi connectivity index (χ2n) is 6.16. The lowest BCUT2D eigenvalue weighted by Crippen LogP contribution is -2.34. The maximum Gasteiger partial charge on any atom is 0.469 e. The standard InChI is InChI=1S/C17H34NO6P/c1-2-3-4-5-6-7-8-9-10-11-12-13-17(20)18-14-16(19)15-24-25(21,22)23/h5-6,16,19H,2-4,7-15H2,1H3,(H,18,20)(H2,21,22,23). The predicted molar refractivity (Wildman–Crippen MR) is 98.0 cm³/mol. The number of carbonyl (C=O) groups excluding carboxylic acids is 1.